The molecule has 1 atom stereocenters. The third-order valence-electron chi connectivity index (χ3n) is 5.22. The summed E-state index contributed by atoms with van der Waals surface area (Å²) in [5.74, 6) is 0.982. The van der Waals surface area contributed by atoms with Gasteiger partial charge in [0.2, 0.25) is 0 Å². The maximum Gasteiger partial charge on any atom is 0.274 e. The molecule has 0 bridgehead atoms. The first-order valence-electron chi connectivity index (χ1n) is 9.57. The number of amides is 1. The summed E-state index contributed by atoms with van der Waals surface area (Å²) in [5.41, 5.74) is 2.49. The van der Waals surface area contributed by atoms with Crippen LogP contribution < -0.4 is 0 Å². The lowest BCUT2D eigenvalue weighted by Crippen LogP contribution is -2.60. The van der Waals surface area contributed by atoms with Crippen LogP contribution in [0.4, 0.5) is 0 Å². The predicted molar refractivity (Wildman–Crippen MR) is 107 cm³/mol. The molecular weight excluding hydrogens is 376 g/mol. The Balaban J connectivity index is 1.25. The highest BCUT2D eigenvalue weighted by Gasteiger charge is 2.51. The van der Waals surface area contributed by atoms with Gasteiger partial charge in [0, 0.05) is 37.8 Å². The number of hydrogen-bond donors (Lipinski definition) is 0. The van der Waals surface area contributed by atoms with E-state index < -0.39 is 0 Å². The Kier molecular flexibility index (Phi) is 5.70. The molecule has 2 fully saturated rings. The molecule has 2 aromatic heterocycles. The predicted octanol–water partition coefficient (Wildman–Crippen LogP) is 2.15. The Labute approximate surface area is 169 Å². The first kappa shape index (κ1) is 19.4. The lowest BCUT2D eigenvalue weighted by Gasteiger charge is -2.47. The van der Waals surface area contributed by atoms with Crippen molar-refractivity contribution in [2.75, 3.05) is 32.6 Å². The van der Waals surface area contributed by atoms with Crippen LogP contribution in [-0.4, -0.2) is 69.0 Å². The van der Waals surface area contributed by atoms with Crippen molar-refractivity contribution in [3.63, 3.8) is 0 Å². The number of thioether (sulfide) groups is 1. The molecule has 2 saturated heterocycles. The fourth-order valence-electron chi connectivity index (χ4n) is 3.75. The summed E-state index contributed by atoms with van der Waals surface area (Å²) in [6.07, 6.45) is 3.03. The zero-order chi connectivity index (χ0) is 19.6. The van der Waals surface area contributed by atoms with Crippen LogP contribution in [0.1, 0.15) is 28.3 Å². The monoisotopic (exact) mass is 402 g/mol. The van der Waals surface area contributed by atoms with E-state index in [1.165, 1.54) is 0 Å². The average molecular weight is 403 g/mol. The highest BCUT2D eigenvalue weighted by Crippen LogP contribution is 2.46. The molecule has 0 aliphatic carbocycles. The summed E-state index contributed by atoms with van der Waals surface area (Å²) < 4.78 is 13.0. The number of methoxy groups -OCH3 is 1. The van der Waals surface area contributed by atoms with Crippen molar-refractivity contribution in [2.24, 2.45) is 0 Å². The van der Waals surface area contributed by atoms with Gasteiger partial charge in [0.25, 0.3) is 5.91 Å². The summed E-state index contributed by atoms with van der Waals surface area (Å²) >= 11 is 1.93. The van der Waals surface area contributed by atoms with Crippen molar-refractivity contribution in [1.82, 2.24) is 19.7 Å². The molecule has 0 radical (unpaired) electrons. The normalized spacial score (nSPS) is 20.5. The average Bonchev–Trinajstić information content (AvgIpc) is 3.30. The summed E-state index contributed by atoms with van der Waals surface area (Å²) in [6.45, 7) is 5.31. The highest BCUT2D eigenvalue weighted by atomic mass is 32.2. The Morgan fingerprint density at radius 2 is 2.21 bits per heavy atom. The first-order chi connectivity index (χ1) is 13.6. The minimum atomic E-state index is 0.00993. The number of hydrogen-bond acceptors (Lipinski definition) is 6. The van der Waals surface area contributed by atoms with Gasteiger partial charge in [-0.15, -0.1) is 11.8 Å². The smallest absolute Gasteiger partial charge is 0.274 e. The molecule has 1 amide bonds. The minimum absolute atomic E-state index is 0.00993. The second kappa shape index (κ2) is 8.23. The van der Waals surface area contributed by atoms with Gasteiger partial charge in [-0.05, 0) is 31.5 Å². The lowest BCUT2D eigenvalue weighted by molar-refractivity contribution is 0.0242. The Bertz CT molecular complexity index is 834. The molecule has 7 nitrogen and oxygen atoms in total. The molecule has 0 N–H and O–H groups in total. The number of aryl methyl sites for hydroxylation is 1. The fourth-order valence-corrected chi connectivity index (χ4v) is 5.30. The van der Waals surface area contributed by atoms with Crippen LogP contribution in [-0.2, 0) is 22.6 Å². The van der Waals surface area contributed by atoms with E-state index >= 15 is 0 Å². The van der Waals surface area contributed by atoms with E-state index in [0.717, 1.165) is 36.7 Å². The molecule has 28 heavy (non-hydrogen) atoms. The van der Waals surface area contributed by atoms with Gasteiger partial charge in [0.05, 0.1) is 36.3 Å². The molecule has 1 unspecified atom stereocenters. The number of aromatic nitrogens is 3. The SMILES string of the molecule is COCCn1ccc(C(=O)N2CC3(CC(OCc4cccc(C)n4)CS3)C2)n1. The number of nitrogens with zero attached hydrogens (tertiary/aromatic N) is 4. The van der Waals surface area contributed by atoms with Gasteiger partial charge in [-0.3, -0.25) is 14.5 Å². The zero-order valence-corrected chi connectivity index (χ0v) is 17.2. The van der Waals surface area contributed by atoms with Crippen molar-refractivity contribution in [2.45, 2.75) is 37.3 Å². The van der Waals surface area contributed by atoms with Crippen LogP contribution in [0.3, 0.4) is 0 Å². The number of ether oxygens (including phenoxy) is 2. The number of carbonyl (C=O) groups is 1. The molecular formula is C20H26N4O3S. The van der Waals surface area contributed by atoms with E-state index in [4.69, 9.17) is 9.47 Å². The molecule has 4 rings (SSSR count). The summed E-state index contributed by atoms with van der Waals surface area (Å²) in [6, 6.07) is 7.79. The van der Waals surface area contributed by atoms with Crippen molar-refractivity contribution in [3.05, 3.63) is 47.5 Å². The fraction of sp³-hybridized carbons (Fsp3) is 0.550. The molecule has 1 spiro atoms. The van der Waals surface area contributed by atoms with Crippen LogP contribution in [0.15, 0.2) is 30.5 Å². The van der Waals surface area contributed by atoms with Crippen LogP contribution in [0.25, 0.3) is 0 Å². The van der Waals surface area contributed by atoms with Crippen LogP contribution in [0.2, 0.25) is 0 Å². The largest absolute Gasteiger partial charge is 0.383 e. The quantitative estimate of drug-likeness (QED) is 0.707. The van der Waals surface area contributed by atoms with Gasteiger partial charge < -0.3 is 14.4 Å². The van der Waals surface area contributed by atoms with Crippen molar-refractivity contribution < 1.29 is 14.3 Å². The number of pyridine rings is 1. The van der Waals surface area contributed by atoms with Crippen LogP contribution >= 0.6 is 11.8 Å². The number of likely N-dealkylation sites (tertiary alicyclic amines) is 1. The van der Waals surface area contributed by atoms with E-state index in [2.05, 4.69) is 10.1 Å². The van der Waals surface area contributed by atoms with Gasteiger partial charge >= 0.3 is 0 Å². The summed E-state index contributed by atoms with van der Waals surface area (Å²) in [7, 11) is 1.66. The standard InChI is InChI=1S/C20H26N4O3S/c1-15-4-3-5-16(21-15)11-27-17-10-20(28-12-17)13-23(14-20)19(25)18-6-7-24(22-18)8-9-26-2/h3-7,17H,8-14H2,1-2H3. The molecule has 4 heterocycles. The van der Waals surface area contributed by atoms with E-state index in [9.17, 15) is 4.79 Å². The Morgan fingerprint density at radius 1 is 1.36 bits per heavy atom. The third-order valence-corrected chi connectivity index (χ3v) is 6.79. The maximum absolute atomic E-state index is 12.6. The molecule has 150 valence electrons. The molecule has 8 heteroatoms. The van der Waals surface area contributed by atoms with Crippen LogP contribution in [0.5, 0.6) is 0 Å². The van der Waals surface area contributed by atoms with Gasteiger partial charge in [-0.2, -0.15) is 5.10 Å². The van der Waals surface area contributed by atoms with E-state index in [0.29, 0.717) is 25.5 Å². The van der Waals surface area contributed by atoms with E-state index in [-0.39, 0.29) is 16.8 Å². The lowest BCUT2D eigenvalue weighted by atomic mass is 9.92. The van der Waals surface area contributed by atoms with E-state index in [1.807, 2.05) is 48.0 Å². The summed E-state index contributed by atoms with van der Waals surface area (Å²) in [4.78, 5) is 19.0. The molecule has 0 saturated carbocycles. The van der Waals surface area contributed by atoms with E-state index in [1.54, 1.807) is 17.9 Å². The molecule has 2 aliphatic heterocycles. The number of rotatable bonds is 7. The molecule has 2 aliphatic rings. The van der Waals surface area contributed by atoms with Crippen LogP contribution in [0, 0.1) is 6.92 Å². The molecule has 0 aromatic carbocycles. The third kappa shape index (κ3) is 4.24. The number of carbonyl (C=O) groups excluding carboxylic acids is 1. The van der Waals surface area contributed by atoms with Gasteiger partial charge in [0.1, 0.15) is 5.69 Å². The highest BCUT2D eigenvalue weighted by molar-refractivity contribution is 8.01. The first-order valence-corrected chi connectivity index (χ1v) is 10.6. The van der Waals surface area contributed by atoms with Gasteiger partial charge in [-0.1, -0.05) is 6.07 Å². The second-order valence-corrected chi connectivity index (χ2v) is 9.01. The Hall–Kier alpha value is -1.90. The second-order valence-electron chi connectivity index (χ2n) is 7.52. The van der Waals surface area contributed by atoms with Crippen molar-refractivity contribution in [3.8, 4) is 0 Å². The summed E-state index contributed by atoms with van der Waals surface area (Å²) in [5, 5.41) is 4.36. The van der Waals surface area contributed by atoms with Gasteiger partial charge in [0.15, 0.2) is 0 Å². The Morgan fingerprint density at radius 3 is 3.00 bits per heavy atom. The van der Waals surface area contributed by atoms with Gasteiger partial charge in [-0.25, -0.2) is 0 Å². The van der Waals surface area contributed by atoms with Crippen molar-refractivity contribution in [1.29, 1.82) is 0 Å². The minimum Gasteiger partial charge on any atom is -0.383 e. The maximum atomic E-state index is 12.6. The topological polar surface area (TPSA) is 69.5 Å². The zero-order valence-electron chi connectivity index (χ0n) is 16.3. The molecule has 2 aromatic rings. The van der Waals surface area contributed by atoms with Crippen molar-refractivity contribution >= 4 is 17.7 Å².